The number of amides is 2. The summed E-state index contributed by atoms with van der Waals surface area (Å²) in [5.41, 5.74) is 0. The van der Waals surface area contributed by atoms with Crippen LogP contribution in [0.15, 0.2) is 0 Å². The first-order valence-corrected chi connectivity index (χ1v) is 7.87. The van der Waals surface area contributed by atoms with Crippen LogP contribution in [0.5, 0.6) is 0 Å². The fourth-order valence-electron chi connectivity index (χ4n) is 3.45. The molecular weight excluding hydrogens is 254 g/mol. The topological polar surface area (TPSA) is 61.4 Å². The van der Waals surface area contributed by atoms with Gasteiger partial charge in [-0.15, -0.1) is 0 Å². The lowest BCUT2D eigenvalue weighted by Gasteiger charge is -2.30. The lowest BCUT2D eigenvalue weighted by molar-refractivity contribution is -0.127. The molecule has 1 heterocycles. The highest BCUT2D eigenvalue weighted by Gasteiger charge is 2.32. The molecule has 0 radical (unpaired) electrons. The smallest absolute Gasteiger partial charge is 0.237 e. The second-order valence-electron chi connectivity index (χ2n) is 6.18. The Morgan fingerprint density at radius 3 is 2.60 bits per heavy atom. The summed E-state index contributed by atoms with van der Waals surface area (Å²) in [6, 6.07) is 0.187. The van der Waals surface area contributed by atoms with Crippen molar-refractivity contribution in [3.05, 3.63) is 0 Å². The minimum Gasteiger partial charge on any atom is -0.358 e. The molecule has 2 aliphatic rings. The van der Waals surface area contributed by atoms with E-state index < -0.39 is 0 Å². The Balaban J connectivity index is 1.83. The van der Waals surface area contributed by atoms with Gasteiger partial charge in [0.15, 0.2) is 0 Å². The number of likely N-dealkylation sites (N-methyl/N-ethyl adjacent to an activating group) is 1. The van der Waals surface area contributed by atoms with E-state index in [1.807, 2.05) is 4.90 Å². The summed E-state index contributed by atoms with van der Waals surface area (Å²) < 4.78 is 0. The normalized spacial score (nSPS) is 31.0. The maximum atomic E-state index is 12.2. The Bertz CT molecular complexity index is 359. The number of carbonyl (C=O) groups excluding carboxylic acids is 2. The lowest BCUT2D eigenvalue weighted by atomic mass is 9.86. The van der Waals surface area contributed by atoms with E-state index in [4.69, 9.17) is 0 Å². The van der Waals surface area contributed by atoms with Gasteiger partial charge >= 0.3 is 0 Å². The molecule has 2 fully saturated rings. The molecule has 2 rings (SSSR count). The lowest BCUT2D eigenvalue weighted by Crippen LogP contribution is -2.49. The summed E-state index contributed by atoms with van der Waals surface area (Å²) in [4.78, 5) is 25.9. The zero-order valence-electron chi connectivity index (χ0n) is 12.7. The van der Waals surface area contributed by atoms with Gasteiger partial charge in [0.2, 0.25) is 11.8 Å². The van der Waals surface area contributed by atoms with Crippen LogP contribution in [-0.2, 0) is 9.59 Å². The predicted octanol–water partition coefficient (Wildman–Crippen LogP) is 0.892. The first kappa shape index (κ1) is 15.3. The third kappa shape index (κ3) is 3.72. The monoisotopic (exact) mass is 281 g/mol. The zero-order valence-corrected chi connectivity index (χ0v) is 12.7. The van der Waals surface area contributed by atoms with Gasteiger partial charge in [0.25, 0.3) is 0 Å². The van der Waals surface area contributed by atoms with E-state index in [9.17, 15) is 9.59 Å². The number of nitrogens with zero attached hydrogens (tertiary/aromatic N) is 1. The average molecular weight is 281 g/mol. The Kier molecular flexibility index (Phi) is 5.40. The van der Waals surface area contributed by atoms with E-state index in [2.05, 4.69) is 17.6 Å². The number of nitrogens with one attached hydrogen (secondary N) is 2. The van der Waals surface area contributed by atoms with Gasteiger partial charge < -0.3 is 10.6 Å². The van der Waals surface area contributed by atoms with Crippen LogP contribution in [0.1, 0.15) is 45.4 Å². The summed E-state index contributed by atoms with van der Waals surface area (Å²) in [5.74, 6) is 0.668. The molecular formula is C15H27N3O2. The summed E-state index contributed by atoms with van der Waals surface area (Å²) in [7, 11) is 1.66. The van der Waals surface area contributed by atoms with Gasteiger partial charge in [-0.2, -0.15) is 0 Å². The van der Waals surface area contributed by atoms with E-state index in [1.165, 1.54) is 19.3 Å². The zero-order chi connectivity index (χ0) is 14.5. The second kappa shape index (κ2) is 7.07. The third-order valence-electron chi connectivity index (χ3n) is 4.72. The molecule has 0 bridgehead atoms. The summed E-state index contributed by atoms with van der Waals surface area (Å²) >= 11 is 0. The van der Waals surface area contributed by atoms with Crippen molar-refractivity contribution in [2.75, 3.05) is 20.1 Å². The SMILES string of the molecule is CNC(=O)C1CCCN1CC(=O)NC1CCCCC1C. The highest BCUT2D eigenvalue weighted by Crippen LogP contribution is 2.24. The molecule has 0 aromatic heterocycles. The quantitative estimate of drug-likeness (QED) is 0.804. The van der Waals surface area contributed by atoms with Crippen LogP contribution in [0.3, 0.4) is 0 Å². The molecule has 20 heavy (non-hydrogen) atoms. The van der Waals surface area contributed by atoms with Crippen molar-refractivity contribution in [1.29, 1.82) is 0 Å². The Morgan fingerprint density at radius 2 is 1.90 bits per heavy atom. The third-order valence-corrected chi connectivity index (χ3v) is 4.72. The maximum absolute atomic E-state index is 12.2. The molecule has 1 aliphatic carbocycles. The van der Waals surface area contributed by atoms with Crippen molar-refractivity contribution in [3.63, 3.8) is 0 Å². The van der Waals surface area contributed by atoms with Crippen molar-refractivity contribution >= 4 is 11.8 Å². The molecule has 114 valence electrons. The number of carbonyl (C=O) groups is 2. The van der Waals surface area contributed by atoms with E-state index in [0.717, 1.165) is 25.8 Å². The number of rotatable bonds is 4. The van der Waals surface area contributed by atoms with E-state index in [-0.39, 0.29) is 17.9 Å². The molecule has 5 nitrogen and oxygen atoms in total. The van der Waals surface area contributed by atoms with Crippen LogP contribution in [0.4, 0.5) is 0 Å². The molecule has 2 amide bonds. The van der Waals surface area contributed by atoms with Crippen LogP contribution in [0.2, 0.25) is 0 Å². The molecule has 1 aliphatic heterocycles. The number of hydrogen-bond donors (Lipinski definition) is 2. The van der Waals surface area contributed by atoms with Crippen molar-refractivity contribution in [2.24, 2.45) is 5.92 Å². The van der Waals surface area contributed by atoms with Gasteiger partial charge in [-0.1, -0.05) is 19.8 Å². The molecule has 3 atom stereocenters. The van der Waals surface area contributed by atoms with E-state index >= 15 is 0 Å². The van der Waals surface area contributed by atoms with Crippen LogP contribution in [0.25, 0.3) is 0 Å². The molecule has 2 N–H and O–H groups in total. The van der Waals surface area contributed by atoms with Crippen molar-refractivity contribution < 1.29 is 9.59 Å². The first-order valence-electron chi connectivity index (χ1n) is 7.87. The molecule has 5 heteroatoms. The summed E-state index contributed by atoms with van der Waals surface area (Å²) in [5, 5.41) is 5.85. The number of hydrogen-bond acceptors (Lipinski definition) is 3. The molecule has 0 aromatic carbocycles. The Hall–Kier alpha value is -1.10. The highest BCUT2D eigenvalue weighted by molar-refractivity contribution is 5.83. The van der Waals surface area contributed by atoms with Crippen molar-refractivity contribution in [1.82, 2.24) is 15.5 Å². The van der Waals surface area contributed by atoms with Crippen LogP contribution in [-0.4, -0.2) is 48.9 Å². The van der Waals surface area contributed by atoms with Crippen LogP contribution in [0, 0.1) is 5.92 Å². The predicted molar refractivity (Wildman–Crippen MR) is 78.2 cm³/mol. The highest BCUT2D eigenvalue weighted by atomic mass is 16.2. The fourth-order valence-corrected chi connectivity index (χ4v) is 3.45. The average Bonchev–Trinajstić information content (AvgIpc) is 2.88. The van der Waals surface area contributed by atoms with Crippen LogP contribution < -0.4 is 10.6 Å². The molecule has 1 saturated heterocycles. The van der Waals surface area contributed by atoms with Gasteiger partial charge in [0.1, 0.15) is 0 Å². The molecule has 0 spiro atoms. The first-order chi connectivity index (χ1) is 9.61. The van der Waals surface area contributed by atoms with E-state index in [0.29, 0.717) is 18.5 Å². The number of likely N-dealkylation sites (tertiary alicyclic amines) is 1. The molecule has 1 saturated carbocycles. The largest absolute Gasteiger partial charge is 0.358 e. The fraction of sp³-hybridized carbons (Fsp3) is 0.867. The van der Waals surface area contributed by atoms with E-state index in [1.54, 1.807) is 7.05 Å². The van der Waals surface area contributed by atoms with Gasteiger partial charge in [0.05, 0.1) is 12.6 Å². The standard InChI is InChI=1S/C15H27N3O2/c1-11-6-3-4-7-12(11)17-14(19)10-18-9-5-8-13(18)15(20)16-2/h11-13H,3-10H2,1-2H3,(H,16,20)(H,17,19). The van der Waals surface area contributed by atoms with Crippen LogP contribution >= 0.6 is 0 Å². The maximum Gasteiger partial charge on any atom is 0.237 e. The Morgan fingerprint density at radius 1 is 1.15 bits per heavy atom. The van der Waals surface area contributed by atoms with Crippen molar-refractivity contribution in [2.45, 2.75) is 57.5 Å². The molecule has 0 aromatic rings. The minimum atomic E-state index is -0.130. The van der Waals surface area contributed by atoms with Gasteiger partial charge in [-0.25, -0.2) is 0 Å². The van der Waals surface area contributed by atoms with Crippen molar-refractivity contribution in [3.8, 4) is 0 Å². The molecule has 3 unspecified atom stereocenters. The van der Waals surface area contributed by atoms with Gasteiger partial charge in [-0.05, 0) is 38.1 Å². The summed E-state index contributed by atoms with van der Waals surface area (Å²) in [6.07, 6.45) is 6.62. The minimum absolute atomic E-state index is 0.0290. The Labute approximate surface area is 121 Å². The summed E-state index contributed by atoms with van der Waals surface area (Å²) in [6.45, 7) is 3.40. The van der Waals surface area contributed by atoms with Gasteiger partial charge in [-0.3, -0.25) is 14.5 Å². The van der Waals surface area contributed by atoms with Gasteiger partial charge in [0, 0.05) is 13.1 Å². The second-order valence-corrected chi connectivity index (χ2v) is 6.18.